The molecule has 1 saturated heterocycles. The van der Waals surface area contributed by atoms with Gasteiger partial charge in [-0.1, -0.05) is 12.1 Å². The lowest BCUT2D eigenvalue weighted by atomic mass is 10.1. The molecular formula is C20H26N2O5S. The highest BCUT2D eigenvalue weighted by molar-refractivity contribution is 8.18. The van der Waals surface area contributed by atoms with Crippen LogP contribution in [0.15, 0.2) is 23.1 Å². The molecule has 1 aliphatic rings. The van der Waals surface area contributed by atoms with Crippen molar-refractivity contribution >= 4 is 34.9 Å². The Hall–Kier alpha value is -2.48. The summed E-state index contributed by atoms with van der Waals surface area (Å²) in [5, 5.41) is 9.79. The van der Waals surface area contributed by atoms with Gasteiger partial charge < -0.3 is 14.7 Å². The minimum absolute atomic E-state index is 0.0405. The Kier molecular flexibility index (Phi) is 7.12. The number of hydrogen-bond acceptors (Lipinski definition) is 6. The number of carbonyl (C=O) groups is 3. The highest BCUT2D eigenvalue weighted by Crippen LogP contribution is 2.36. The van der Waals surface area contributed by atoms with Gasteiger partial charge in [-0.3, -0.25) is 19.3 Å². The molecule has 28 heavy (non-hydrogen) atoms. The Bertz CT molecular complexity index is 796. The van der Waals surface area contributed by atoms with Crippen molar-refractivity contribution in [2.75, 3.05) is 13.2 Å². The monoisotopic (exact) mass is 406 g/mol. The van der Waals surface area contributed by atoms with Crippen LogP contribution in [0.5, 0.6) is 11.5 Å². The number of phenols is 1. The minimum Gasteiger partial charge on any atom is -0.504 e. The summed E-state index contributed by atoms with van der Waals surface area (Å²) in [6.45, 7) is 9.44. The Morgan fingerprint density at radius 1 is 1.25 bits per heavy atom. The SMILES string of the molecule is CCOc1cccc(/C=C2\SC(=O)N(CC(=O)N(C(C)C)C(C)C)C2=O)c1O. The summed E-state index contributed by atoms with van der Waals surface area (Å²) in [5.41, 5.74) is 0.369. The van der Waals surface area contributed by atoms with Crippen molar-refractivity contribution in [3.05, 3.63) is 28.7 Å². The Morgan fingerprint density at radius 2 is 1.89 bits per heavy atom. The van der Waals surface area contributed by atoms with E-state index in [1.807, 2.05) is 27.7 Å². The molecule has 0 unspecified atom stereocenters. The van der Waals surface area contributed by atoms with E-state index in [2.05, 4.69) is 0 Å². The topological polar surface area (TPSA) is 87.2 Å². The maximum absolute atomic E-state index is 12.7. The van der Waals surface area contributed by atoms with Crippen molar-refractivity contribution in [1.82, 2.24) is 9.80 Å². The lowest BCUT2D eigenvalue weighted by Crippen LogP contribution is -2.48. The third kappa shape index (κ3) is 4.67. The van der Waals surface area contributed by atoms with Crippen molar-refractivity contribution in [2.45, 2.75) is 46.7 Å². The molecule has 0 spiro atoms. The summed E-state index contributed by atoms with van der Waals surface area (Å²) in [7, 11) is 0. The van der Waals surface area contributed by atoms with Gasteiger partial charge in [0.05, 0.1) is 11.5 Å². The first-order valence-electron chi connectivity index (χ1n) is 9.18. The van der Waals surface area contributed by atoms with Gasteiger partial charge in [0.1, 0.15) is 6.54 Å². The fourth-order valence-corrected chi connectivity index (χ4v) is 3.92. The number of benzene rings is 1. The number of amides is 3. The third-order valence-electron chi connectivity index (χ3n) is 4.18. The van der Waals surface area contributed by atoms with E-state index < -0.39 is 11.1 Å². The van der Waals surface area contributed by atoms with E-state index in [9.17, 15) is 19.5 Å². The summed E-state index contributed by atoms with van der Waals surface area (Å²) in [4.78, 5) is 40.3. The van der Waals surface area contributed by atoms with E-state index in [0.717, 1.165) is 16.7 Å². The van der Waals surface area contributed by atoms with Crippen molar-refractivity contribution in [2.24, 2.45) is 0 Å². The summed E-state index contributed by atoms with van der Waals surface area (Å²) >= 11 is 0.751. The number of para-hydroxylation sites is 1. The van der Waals surface area contributed by atoms with Gasteiger partial charge in [0, 0.05) is 17.6 Å². The van der Waals surface area contributed by atoms with Crippen LogP contribution in [-0.2, 0) is 9.59 Å². The van der Waals surface area contributed by atoms with Crippen LogP contribution in [0.1, 0.15) is 40.2 Å². The number of rotatable bonds is 7. The van der Waals surface area contributed by atoms with Gasteiger partial charge in [0.2, 0.25) is 5.91 Å². The minimum atomic E-state index is -0.544. The summed E-state index contributed by atoms with van der Waals surface area (Å²) in [6.07, 6.45) is 1.44. The summed E-state index contributed by atoms with van der Waals surface area (Å²) in [5.74, 6) is -0.625. The van der Waals surface area contributed by atoms with E-state index in [-0.39, 0.29) is 35.2 Å². The smallest absolute Gasteiger partial charge is 0.294 e. The van der Waals surface area contributed by atoms with Crippen LogP contribution in [0, 0.1) is 0 Å². The number of nitrogens with zero attached hydrogens (tertiary/aromatic N) is 2. The number of carbonyl (C=O) groups excluding carboxylic acids is 3. The van der Waals surface area contributed by atoms with Gasteiger partial charge in [-0.05, 0) is 58.5 Å². The highest BCUT2D eigenvalue weighted by Gasteiger charge is 2.37. The average Bonchev–Trinajstić information content (AvgIpc) is 2.85. The second-order valence-corrected chi connectivity index (χ2v) is 7.88. The number of imide groups is 1. The number of aromatic hydroxyl groups is 1. The quantitative estimate of drug-likeness (QED) is 0.698. The summed E-state index contributed by atoms with van der Waals surface area (Å²) < 4.78 is 5.34. The molecule has 152 valence electrons. The standard InChI is InChI=1S/C20H26N2O5S/c1-6-27-15-9-7-8-14(18(15)24)10-16-19(25)21(20(26)28-16)11-17(23)22(12(2)3)13(4)5/h7-10,12-13,24H,6,11H2,1-5H3/b16-10-. The van der Waals surface area contributed by atoms with Gasteiger partial charge in [-0.2, -0.15) is 0 Å². The summed E-state index contributed by atoms with van der Waals surface area (Å²) in [6, 6.07) is 4.85. The van der Waals surface area contributed by atoms with Crippen LogP contribution in [0.25, 0.3) is 6.08 Å². The molecule has 0 aliphatic carbocycles. The van der Waals surface area contributed by atoms with Crippen LogP contribution < -0.4 is 4.74 Å². The fourth-order valence-electron chi connectivity index (χ4n) is 3.09. The molecule has 7 nitrogen and oxygen atoms in total. The maximum atomic E-state index is 12.7. The number of hydrogen-bond donors (Lipinski definition) is 1. The average molecular weight is 407 g/mol. The van der Waals surface area contributed by atoms with Crippen molar-refractivity contribution in [3.8, 4) is 11.5 Å². The molecule has 0 saturated carbocycles. The zero-order chi connectivity index (χ0) is 21.0. The van der Waals surface area contributed by atoms with Gasteiger partial charge in [-0.25, -0.2) is 0 Å². The first-order chi connectivity index (χ1) is 13.2. The Labute approximate surface area is 169 Å². The largest absolute Gasteiger partial charge is 0.504 e. The second-order valence-electron chi connectivity index (χ2n) is 6.88. The Morgan fingerprint density at radius 3 is 2.46 bits per heavy atom. The van der Waals surface area contributed by atoms with Crippen LogP contribution in [-0.4, -0.2) is 57.2 Å². The third-order valence-corrected chi connectivity index (χ3v) is 5.09. The van der Waals surface area contributed by atoms with E-state index >= 15 is 0 Å². The van der Waals surface area contributed by atoms with Crippen LogP contribution >= 0.6 is 11.8 Å². The molecule has 1 N–H and O–H groups in total. The van der Waals surface area contributed by atoms with Gasteiger partial charge in [-0.15, -0.1) is 0 Å². The first kappa shape index (κ1) is 21.8. The molecule has 8 heteroatoms. The molecule has 1 aromatic carbocycles. The second kappa shape index (κ2) is 9.14. The number of phenolic OH excluding ortho intramolecular Hbond substituents is 1. The van der Waals surface area contributed by atoms with Crippen LogP contribution in [0.3, 0.4) is 0 Å². The molecule has 1 heterocycles. The molecule has 2 rings (SSSR count). The zero-order valence-corrected chi connectivity index (χ0v) is 17.6. The number of ether oxygens (including phenoxy) is 1. The molecule has 1 aromatic rings. The van der Waals surface area contributed by atoms with Gasteiger partial charge in [0.15, 0.2) is 11.5 Å². The maximum Gasteiger partial charge on any atom is 0.294 e. The molecule has 0 atom stereocenters. The van der Waals surface area contributed by atoms with Crippen LogP contribution in [0.4, 0.5) is 4.79 Å². The predicted molar refractivity (Wildman–Crippen MR) is 109 cm³/mol. The first-order valence-corrected chi connectivity index (χ1v) is 10.00. The fraction of sp³-hybridized carbons (Fsp3) is 0.450. The van der Waals surface area contributed by atoms with Crippen molar-refractivity contribution < 1.29 is 24.2 Å². The zero-order valence-electron chi connectivity index (χ0n) is 16.8. The molecule has 0 radical (unpaired) electrons. The molecule has 0 bridgehead atoms. The highest BCUT2D eigenvalue weighted by atomic mass is 32.2. The Balaban J connectivity index is 2.23. The van der Waals surface area contributed by atoms with E-state index in [4.69, 9.17) is 4.74 Å². The number of thioether (sulfide) groups is 1. The van der Waals surface area contributed by atoms with Crippen LogP contribution in [0.2, 0.25) is 0 Å². The lowest BCUT2D eigenvalue weighted by molar-refractivity contribution is -0.138. The van der Waals surface area contributed by atoms with E-state index in [1.165, 1.54) is 6.08 Å². The molecule has 1 aliphatic heterocycles. The molecule has 3 amide bonds. The van der Waals surface area contributed by atoms with Crippen molar-refractivity contribution in [3.63, 3.8) is 0 Å². The van der Waals surface area contributed by atoms with E-state index in [0.29, 0.717) is 17.9 Å². The van der Waals surface area contributed by atoms with E-state index in [1.54, 1.807) is 30.0 Å². The molecular weight excluding hydrogens is 380 g/mol. The predicted octanol–water partition coefficient (Wildman–Crippen LogP) is 3.47. The van der Waals surface area contributed by atoms with Gasteiger partial charge >= 0.3 is 0 Å². The van der Waals surface area contributed by atoms with Gasteiger partial charge in [0.25, 0.3) is 11.1 Å². The lowest BCUT2D eigenvalue weighted by Gasteiger charge is -2.31. The molecule has 1 fully saturated rings. The molecule has 0 aromatic heterocycles. The normalized spacial score (nSPS) is 15.8. The van der Waals surface area contributed by atoms with Crippen molar-refractivity contribution in [1.29, 1.82) is 0 Å².